The van der Waals surface area contributed by atoms with Crippen molar-refractivity contribution in [3.8, 4) is 0 Å². The Kier molecular flexibility index (Phi) is 2.53. The molecule has 0 bridgehead atoms. The van der Waals surface area contributed by atoms with Crippen LogP contribution in [0.2, 0.25) is 0 Å². The molecule has 0 amide bonds. The highest BCUT2D eigenvalue weighted by atomic mass is 16.3. The Morgan fingerprint density at radius 1 is 1.33 bits per heavy atom. The number of benzene rings is 1. The first-order valence-corrected chi connectivity index (χ1v) is 5.41. The van der Waals surface area contributed by atoms with Crippen LogP contribution in [0.3, 0.4) is 0 Å². The summed E-state index contributed by atoms with van der Waals surface area (Å²) < 4.78 is 2.17. The van der Waals surface area contributed by atoms with E-state index in [4.69, 9.17) is 0 Å². The first-order valence-electron chi connectivity index (χ1n) is 5.41. The predicted octanol–water partition coefficient (Wildman–Crippen LogP) is 3.02. The molecule has 1 atom stereocenters. The predicted molar refractivity (Wildman–Crippen MR) is 63.0 cm³/mol. The largest absolute Gasteiger partial charge is 0.387 e. The van der Waals surface area contributed by atoms with Crippen molar-refractivity contribution in [2.75, 3.05) is 0 Å². The number of aliphatic hydroxyl groups excluding tert-OH is 1. The number of hydrogen-bond donors (Lipinski definition) is 1. The first kappa shape index (κ1) is 10.2. The van der Waals surface area contributed by atoms with E-state index < -0.39 is 6.10 Å². The Bertz CT molecular complexity index is 482. The molecule has 0 aliphatic heterocycles. The van der Waals surface area contributed by atoms with E-state index in [1.165, 1.54) is 16.5 Å². The highest BCUT2D eigenvalue weighted by molar-refractivity contribution is 5.82. The SMILES string of the molecule is CCn1c(C(C)O)cc2cc(C)ccc21. The van der Waals surface area contributed by atoms with Gasteiger partial charge in [-0.15, -0.1) is 0 Å². The third-order valence-corrected chi connectivity index (χ3v) is 2.83. The van der Waals surface area contributed by atoms with Gasteiger partial charge in [0.1, 0.15) is 0 Å². The molecule has 1 aromatic heterocycles. The summed E-state index contributed by atoms with van der Waals surface area (Å²) >= 11 is 0. The van der Waals surface area contributed by atoms with Crippen molar-refractivity contribution in [1.29, 1.82) is 0 Å². The van der Waals surface area contributed by atoms with E-state index in [9.17, 15) is 5.11 Å². The van der Waals surface area contributed by atoms with Crippen molar-refractivity contribution >= 4 is 10.9 Å². The smallest absolute Gasteiger partial charge is 0.0912 e. The fraction of sp³-hybridized carbons (Fsp3) is 0.385. The molecule has 1 heterocycles. The fourth-order valence-corrected chi connectivity index (χ4v) is 2.11. The molecule has 1 aromatic carbocycles. The molecule has 0 saturated carbocycles. The molecule has 1 N–H and O–H groups in total. The second-order valence-corrected chi connectivity index (χ2v) is 4.05. The molecule has 0 aliphatic rings. The van der Waals surface area contributed by atoms with Gasteiger partial charge in [0.05, 0.1) is 6.10 Å². The normalized spacial score (nSPS) is 13.3. The molecule has 0 fully saturated rings. The molecule has 2 aromatic rings. The monoisotopic (exact) mass is 203 g/mol. The van der Waals surface area contributed by atoms with Crippen molar-refractivity contribution in [1.82, 2.24) is 4.57 Å². The number of hydrogen-bond acceptors (Lipinski definition) is 1. The van der Waals surface area contributed by atoms with Crippen molar-refractivity contribution in [3.05, 3.63) is 35.5 Å². The summed E-state index contributed by atoms with van der Waals surface area (Å²) in [5, 5.41) is 10.9. The molecular formula is C13H17NO. The summed E-state index contributed by atoms with van der Waals surface area (Å²) in [4.78, 5) is 0. The van der Waals surface area contributed by atoms with Gasteiger partial charge in [-0.3, -0.25) is 0 Å². The summed E-state index contributed by atoms with van der Waals surface area (Å²) in [6.07, 6.45) is -0.405. The molecule has 0 aliphatic carbocycles. The van der Waals surface area contributed by atoms with Crippen LogP contribution in [0, 0.1) is 6.92 Å². The van der Waals surface area contributed by atoms with Crippen molar-refractivity contribution in [3.63, 3.8) is 0 Å². The quantitative estimate of drug-likeness (QED) is 0.797. The van der Waals surface area contributed by atoms with Crippen LogP contribution in [0.25, 0.3) is 10.9 Å². The molecule has 2 nitrogen and oxygen atoms in total. The van der Waals surface area contributed by atoms with E-state index in [-0.39, 0.29) is 0 Å². The molecule has 2 rings (SSSR count). The Morgan fingerprint density at radius 3 is 2.67 bits per heavy atom. The highest BCUT2D eigenvalue weighted by Crippen LogP contribution is 2.25. The van der Waals surface area contributed by atoms with Gasteiger partial charge in [-0.05, 0) is 39.0 Å². The van der Waals surface area contributed by atoms with E-state index >= 15 is 0 Å². The van der Waals surface area contributed by atoms with Gasteiger partial charge in [-0.1, -0.05) is 11.6 Å². The fourth-order valence-electron chi connectivity index (χ4n) is 2.11. The van der Waals surface area contributed by atoms with Gasteiger partial charge in [0.25, 0.3) is 0 Å². The van der Waals surface area contributed by atoms with E-state index in [1.54, 1.807) is 0 Å². The number of rotatable bonds is 2. The van der Waals surface area contributed by atoms with Crippen molar-refractivity contribution in [2.24, 2.45) is 0 Å². The van der Waals surface area contributed by atoms with E-state index in [1.807, 2.05) is 6.92 Å². The van der Waals surface area contributed by atoms with Crippen LogP contribution in [-0.4, -0.2) is 9.67 Å². The Hall–Kier alpha value is -1.28. The molecule has 0 radical (unpaired) electrons. The zero-order chi connectivity index (χ0) is 11.0. The Morgan fingerprint density at radius 2 is 2.07 bits per heavy atom. The lowest BCUT2D eigenvalue weighted by molar-refractivity contribution is 0.190. The first-order chi connectivity index (χ1) is 7.13. The molecular weight excluding hydrogens is 186 g/mol. The average Bonchev–Trinajstić information content (AvgIpc) is 2.55. The minimum absolute atomic E-state index is 0.405. The van der Waals surface area contributed by atoms with Crippen LogP contribution in [0.5, 0.6) is 0 Å². The average molecular weight is 203 g/mol. The topological polar surface area (TPSA) is 25.2 Å². The van der Waals surface area contributed by atoms with Crippen LogP contribution in [0.1, 0.15) is 31.2 Å². The summed E-state index contributed by atoms with van der Waals surface area (Å²) in [6, 6.07) is 8.48. The molecule has 0 saturated heterocycles. The lowest BCUT2D eigenvalue weighted by atomic mass is 10.2. The maximum absolute atomic E-state index is 9.69. The Balaban J connectivity index is 2.73. The van der Waals surface area contributed by atoms with Gasteiger partial charge in [-0.2, -0.15) is 0 Å². The van der Waals surface area contributed by atoms with Gasteiger partial charge >= 0.3 is 0 Å². The van der Waals surface area contributed by atoms with Crippen LogP contribution >= 0.6 is 0 Å². The lowest BCUT2D eigenvalue weighted by Crippen LogP contribution is -2.03. The maximum Gasteiger partial charge on any atom is 0.0912 e. The molecule has 2 heteroatoms. The number of aryl methyl sites for hydroxylation is 2. The molecule has 1 unspecified atom stereocenters. The highest BCUT2D eigenvalue weighted by Gasteiger charge is 2.11. The maximum atomic E-state index is 9.69. The van der Waals surface area contributed by atoms with Gasteiger partial charge < -0.3 is 9.67 Å². The summed E-state index contributed by atoms with van der Waals surface area (Å²) in [7, 11) is 0. The zero-order valence-corrected chi connectivity index (χ0v) is 9.49. The summed E-state index contributed by atoms with van der Waals surface area (Å²) in [6.45, 7) is 6.90. The number of aromatic nitrogens is 1. The van der Waals surface area contributed by atoms with Crippen LogP contribution in [0.4, 0.5) is 0 Å². The Labute approximate surface area is 90.2 Å². The zero-order valence-electron chi connectivity index (χ0n) is 9.49. The minimum Gasteiger partial charge on any atom is -0.387 e. The summed E-state index contributed by atoms with van der Waals surface area (Å²) in [5.41, 5.74) is 3.46. The second kappa shape index (κ2) is 3.70. The number of fused-ring (bicyclic) bond motifs is 1. The van der Waals surface area contributed by atoms with E-state index in [0.29, 0.717) is 0 Å². The minimum atomic E-state index is -0.405. The van der Waals surface area contributed by atoms with Crippen molar-refractivity contribution in [2.45, 2.75) is 33.4 Å². The van der Waals surface area contributed by atoms with Gasteiger partial charge in [0.15, 0.2) is 0 Å². The summed E-state index contributed by atoms with van der Waals surface area (Å²) in [5.74, 6) is 0. The molecule has 0 spiro atoms. The van der Waals surface area contributed by atoms with Crippen LogP contribution in [0.15, 0.2) is 24.3 Å². The van der Waals surface area contributed by atoms with Gasteiger partial charge in [-0.25, -0.2) is 0 Å². The lowest BCUT2D eigenvalue weighted by Gasteiger charge is -2.09. The molecule has 15 heavy (non-hydrogen) atoms. The van der Waals surface area contributed by atoms with E-state index in [2.05, 4.69) is 42.7 Å². The number of aliphatic hydroxyl groups is 1. The molecule has 80 valence electrons. The van der Waals surface area contributed by atoms with Crippen LogP contribution < -0.4 is 0 Å². The van der Waals surface area contributed by atoms with Gasteiger partial charge in [0, 0.05) is 23.1 Å². The van der Waals surface area contributed by atoms with Crippen molar-refractivity contribution < 1.29 is 5.11 Å². The third kappa shape index (κ3) is 1.65. The van der Waals surface area contributed by atoms with E-state index in [0.717, 1.165) is 12.2 Å². The second-order valence-electron chi connectivity index (χ2n) is 4.05. The third-order valence-electron chi connectivity index (χ3n) is 2.83. The number of nitrogens with zero attached hydrogens (tertiary/aromatic N) is 1. The van der Waals surface area contributed by atoms with Gasteiger partial charge in [0.2, 0.25) is 0 Å². The van der Waals surface area contributed by atoms with Crippen LogP contribution in [-0.2, 0) is 6.54 Å². The standard InChI is InChI=1S/C13H17NO/c1-4-14-12-6-5-9(2)7-11(12)8-13(14)10(3)15/h5-8,10,15H,4H2,1-3H3.